The lowest BCUT2D eigenvalue weighted by Crippen LogP contribution is -2.38. The second-order valence-electron chi connectivity index (χ2n) is 3.12. The quantitative estimate of drug-likeness (QED) is 0.647. The van der Waals surface area contributed by atoms with Gasteiger partial charge in [-0.1, -0.05) is 0 Å². The topological polar surface area (TPSA) is 64.3 Å². The summed E-state index contributed by atoms with van der Waals surface area (Å²) in [6.45, 7) is 0.416. The van der Waals surface area contributed by atoms with Crippen LogP contribution in [0.1, 0.15) is 13.3 Å². The largest absolute Gasteiger partial charge is 0.411 e. The normalized spacial score (nSPS) is 13.7. The van der Waals surface area contributed by atoms with Crippen molar-refractivity contribution in [3.8, 4) is 0 Å². The molecule has 0 heterocycles. The van der Waals surface area contributed by atoms with Crippen LogP contribution in [0.25, 0.3) is 0 Å². The van der Waals surface area contributed by atoms with Gasteiger partial charge in [0.1, 0.15) is 6.61 Å². The summed E-state index contributed by atoms with van der Waals surface area (Å²) in [5, 5.41) is 2.50. The number of nitrogens with one attached hydrogen (secondary N) is 1. The van der Waals surface area contributed by atoms with E-state index in [4.69, 9.17) is 5.73 Å². The average molecular weight is 228 g/mol. The molecule has 0 aliphatic carbocycles. The molecule has 7 heteroatoms. The summed E-state index contributed by atoms with van der Waals surface area (Å²) in [6.07, 6.45) is -4.44. The number of halogens is 3. The molecule has 4 nitrogen and oxygen atoms in total. The molecule has 0 aliphatic heterocycles. The number of ether oxygens (including phenoxy) is 1. The lowest BCUT2D eigenvalue weighted by Gasteiger charge is -2.11. The van der Waals surface area contributed by atoms with Gasteiger partial charge in [0.15, 0.2) is 0 Å². The molecule has 0 aromatic heterocycles. The van der Waals surface area contributed by atoms with E-state index in [-0.39, 0.29) is 31.5 Å². The fourth-order valence-corrected chi connectivity index (χ4v) is 0.759. The fourth-order valence-electron chi connectivity index (χ4n) is 0.759. The summed E-state index contributed by atoms with van der Waals surface area (Å²) < 4.78 is 39.1. The first kappa shape index (κ1) is 14.2. The zero-order valence-electron chi connectivity index (χ0n) is 8.43. The predicted octanol–water partition coefficient (Wildman–Crippen LogP) is 0.419. The van der Waals surface area contributed by atoms with Crippen molar-refractivity contribution in [3.63, 3.8) is 0 Å². The minimum Gasteiger partial charge on any atom is -0.372 e. The highest BCUT2D eigenvalue weighted by molar-refractivity contribution is 5.76. The Morgan fingerprint density at radius 1 is 1.53 bits per heavy atom. The second kappa shape index (κ2) is 6.62. The van der Waals surface area contributed by atoms with Gasteiger partial charge in [0.25, 0.3) is 0 Å². The van der Waals surface area contributed by atoms with Gasteiger partial charge < -0.3 is 15.8 Å². The number of amides is 1. The first-order valence-corrected chi connectivity index (χ1v) is 4.49. The highest BCUT2D eigenvalue weighted by Crippen LogP contribution is 2.14. The molecule has 90 valence electrons. The van der Waals surface area contributed by atoms with Crippen molar-refractivity contribution in [2.24, 2.45) is 5.73 Å². The molecule has 0 unspecified atom stereocenters. The van der Waals surface area contributed by atoms with Crippen LogP contribution in [0.5, 0.6) is 0 Å². The van der Waals surface area contributed by atoms with Crippen molar-refractivity contribution >= 4 is 5.91 Å². The summed E-state index contributed by atoms with van der Waals surface area (Å²) in [5.74, 6) is -0.366. The molecule has 0 spiro atoms. The number of alkyl halides is 3. The van der Waals surface area contributed by atoms with Crippen LogP contribution in [0.2, 0.25) is 0 Å². The third-order valence-corrected chi connectivity index (χ3v) is 1.50. The number of carbonyl (C=O) groups is 1. The average Bonchev–Trinajstić information content (AvgIpc) is 2.11. The van der Waals surface area contributed by atoms with Gasteiger partial charge in [-0.15, -0.1) is 0 Å². The molecule has 0 aromatic rings. The Kier molecular flexibility index (Phi) is 6.26. The van der Waals surface area contributed by atoms with Crippen molar-refractivity contribution in [2.45, 2.75) is 25.6 Å². The van der Waals surface area contributed by atoms with Crippen molar-refractivity contribution in [2.75, 3.05) is 19.8 Å². The van der Waals surface area contributed by atoms with Gasteiger partial charge in [-0.2, -0.15) is 13.2 Å². The van der Waals surface area contributed by atoms with E-state index in [1.165, 1.54) is 0 Å². The zero-order valence-corrected chi connectivity index (χ0v) is 8.43. The lowest BCUT2D eigenvalue weighted by atomic mass is 10.3. The monoisotopic (exact) mass is 228 g/mol. The molecule has 0 bridgehead atoms. The highest BCUT2D eigenvalue weighted by Gasteiger charge is 2.27. The van der Waals surface area contributed by atoms with Gasteiger partial charge in [-0.25, -0.2) is 0 Å². The number of hydrogen-bond donors (Lipinski definition) is 2. The Morgan fingerprint density at radius 3 is 2.60 bits per heavy atom. The molecule has 0 aliphatic rings. The van der Waals surface area contributed by atoms with Gasteiger partial charge in [0.05, 0.1) is 6.61 Å². The minimum atomic E-state index is -4.35. The maximum absolute atomic E-state index is 11.6. The minimum absolute atomic E-state index is 0.0968. The number of rotatable bonds is 6. The van der Waals surface area contributed by atoms with Crippen LogP contribution in [0.4, 0.5) is 13.2 Å². The molecule has 0 radical (unpaired) electrons. The molecular formula is C8H15F3N2O2. The SMILES string of the molecule is C[C@H](CN)NC(=O)CCOCC(F)(F)F. The Bertz CT molecular complexity index is 197. The first-order chi connectivity index (χ1) is 6.85. The summed E-state index contributed by atoms with van der Waals surface area (Å²) in [7, 11) is 0. The molecular weight excluding hydrogens is 213 g/mol. The molecule has 0 rings (SSSR count). The van der Waals surface area contributed by atoms with Crippen LogP contribution in [0.3, 0.4) is 0 Å². The molecule has 0 saturated heterocycles. The van der Waals surface area contributed by atoms with Crippen LogP contribution in [-0.2, 0) is 9.53 Å². The molecule has 3 N–H and O–H groups in total. The summed E-state index contributed by atoms with van der Waals surface area (Å²) >= 11 is 0. The van der Waals surface area contributed by atoms with E-state index in [2.05, 4.69) is 10.1 Å². The van der Waals surface area contributed by atoms with Crippen LogP contribution < -0.4 is 11.1 Å². The van der Waals surface area contributed by atoms with Crippen LogP contribution in [0.15, 0.2) is 0 Å². The van der Waals surface area contributed by atoms with E-state index in [0.717, 1.165) is 0 Å². The zero-order chi connectivity index (χ0) is 11.9. The summed E-state index contributed by atoms with van der Waals surface area (Å²) in [4.78, 5) is 11.0. The third kappa shape index (κ3) is 9.48. The summed E-state index contributed by atoms with van der Waals surface area (Å²) in [5.41, 5.74) is 5.24. The van der Waals surface area contributed by atoms with Crippen molar-refractivity contribution in [1.29, 1.82) is 0 Å². The number of carbonyl (C=O) groups excluding carboxylic acids is 1. The Balaban J connectivity index is 3.48. The standard InChI is InChI=1S/C8H15F3N2O2/c1-6(4-12)13-7(14)2-3-15-5-8(9,10)11/h6H,2-5,12H2,1H3,(H,13,14)/t6-/m1/s1. The van der Waals surface area contributed by atoms with Crippen LogP contribution in [0, 0.1) is 0 Å². The van der Waals surface area contributed by atoms with Crippen molar-refractivity contribution in [3.05, 3.63) is 0 Å². The van der Waals surface area contributed by atoms with E-state index >= 15 is 0 Å². The lowest BCUT2D eigenvalue weighted by molar-refractivity contribution is -0.174. The van der Waals surface area contributed by atoms with E-state index in [1.807, 2.05) is 0 Å². The Morgan fingerprint density at radius 2 is 2.13 bits per heavy atom. The maximum atomic E-state index is 11.6. The Labute approximate surface area is 86.0 Å². The van der Waals surface area contributed by atoms with Gasteiger partial charge in [-0.05, 0) is 6.92 Å². The molecule has 1 atom stereocenters. The first-order valence-electron chi connectivity index (χ1n) is 4.49. The van der Waals surface area contributed by atoms with Gasteiger partial charge in [0, 0.05) is 19.0 Å². The van der Waals surface area contributed by atoms with Gasteiger partial charge in [0.2, 0.25) is 5.91 Å². The van der Waals surface area contributed by atoms with E-state index in [9.17, 15) is 18.0 Å². The van der Waals surface area contributed by atoms with E-state index in [0.29, 0.717) is 0 Å². The van der Waals surface area contributed by atoms with Gasteiger partial charge >= 0.3 is 6.18 Å². The van der Waals surface area contributed by atoms with Gasteiger partial charge in [-0.3, -0.25) is 4.79 Å². The maximum Gasteiger partial charge on any atom is 0.411 e. The molecule has 15 heavy (non-hydrogen) atoms. The second-order valence-corrected chi connectivity index (χ2v) is 3.12. The Hall–Kier alpha value is -0.820. The molecule has 1 amide bonds. The highest BCUT2D eigenvalue weighted by atomic mass is 19.4. The van der Waals surface area contributed by atoms with E-state index < -0.39 is 12.8 Å². The number of hydrogen-bond acceptors (Lipinski definition) is 3. The predicted molar refractivity (Wildman–Crippen MR) is 48.2 cm³/mol. The molecule has 0 fully saturated rings. The number of nitrogens with two attached hydrogens (primary N) is 1. The van der Waals surface area contributed by atoms with Crippen molar-refractivity contribution < 1.29 is 22.7 Å². The summed E-state index contributed by atoms with van der Waals surface area (Å²) in [6, 6.07) is -0.180. The smallest absolute Gasteiger partial charge is 0.372 e. The van der Waals surface area contributed by atoms with Crippen LogP contribution >= 0.6 is 0 Å². The molecule has 0 aromatic carbocycles. The van der Waals surface area contributed by atoms with Crippen LogP contribution in [-0.4, -0.2) is 37.9 Å². The third-order valence-electron chi connectivity index (χ3n) is 1.50. The van der Waals surface area contributed by atoms with E-state index in [1.54, 1.807) is 6.92 Å². The molecule has 0 saturated carbocycles. The van der Waals surface area contributed by atoms with Crippen molar-refractivity contribution in [1.82, 2.24) is 5.32 Å². The fraction of sp³-hybridized carbons (Fsp3) is 0.875.